The third-order valence-corrected chi connectivity index (χ3v) is 15.6. The molecule has 7 aromatic rings. The van der Waals surface area contributed by atoms with Crippen LogP contribution < -0.4 is 25.6 Å². The Labute approximate surface area is 418 Å². The van der Waals surface area contributed by atoms with Crippen LogP contribution in [0.3, 0.4) is 0 Å². The zero-order chi connectivity index (χ0) is 49.6. The number of thiazole rings is 1. The molecule has 0 radical (unpaired) electrons. The highest BCUT2D eigenvalue weighted by molar-refractivity contribution is 7.22. The Morgan fingerprint density at radius 3 is 2.47 bits per heavy atom. The number of fused-ring (bicyclic) bond motifs is 5. The molecule has 3 unspecified atom stereocenters. The maximum Gasteiger partial charge on any atom is 0.355 e. The number of carboxylic acid groups (broad SMARTS) is 1. The van der Waals surface area contributed by atoms with Gasteiger partial charge in [0.05, 0.1) is 52.3 Å². The molecule has 18 heteroatoms. The predicted molar refractivity (Wildman–Crippen MR) is 273 cm³/mol. The van der Waals surface area contributed by atoms with Crippen molar-refractivity contribution in [3.05, 3.63) is 125 Å². The highest BCUT2D eigenvalue weighted by Gasteiger charge is 2.42. The van der Waals surface area contributed by atoms with E-state index >= 15 is 0 Å². The first-order valence-corrected chi connectivity index (χ1v) is 25.2. The minimum atomic E-state index is -1.15. The highest BCUT2D eigenvalue weighted by atomic mass is 32.1. The van der Waals surface area contributed by atoms with Crippen molar-refractivity contribution in [2.24, 2.45) is 7.05 Å². The van der Waals surface area contributed by atoms with Gasteiger partial charge in [0.1, 0.15) is 18.2 Å². The number of ether oxygens (including phenoxy) is 2. The summed E-state index contributed by atoms with van der Waals surface area (Å²) in [7, 11) is 1.79. The van der Waals surface area contributed by atoms with Gasteiger partial charge in [0, 0.05) is 55.2 Å². The Morgan fingerprint density at radius 1 is 0.861 bits per heavy atom. The van der Waals surface area contributed by atoms with Crippen molar-refractivity contribution < 1.29 is 38.6 Å². The predicted octanol–water partition coefficient (Wildman–Crippen LogP) is 7.62. The fourth-order valence-electron chi connectivity index (χ4n) is 11.2. The summed E-state index contributed by atoms with van der Waals surface area (Å²) < 4.78 is 15.3. The second-order valence-corrected chi connectivity index (χ2v) is 20.0. The van der Waals surface area contributed by atoms with Gasteiger partial charge in [-0.3, -0.25) is 39.4 Å². The molecule has 3 atom stereocenters. The lowest BCUT2D eigenvalue weighted by atomic mass is 9.92. The van der Waals surface area contributed by atoms with Gasteiger partial charge in [-0.05, 0) is 110 Å². The van der Waals surface area contributed by atoms with Crippen LogP contribution in [0.15, 0.2) is 91.0 Å². The molecule has 72 heavy (non-hydrogen) atoms. The number of piperidine rings is 2. The number of rotatable bonds is 14. The van der Waals surface area contributed by atoms with Crippen molar-refractivity contribution in [2.45, 2.75) is 82.5 Å². The van der Waals surface area contributed by atoms with E-state index in [0.29, 0.717) is 83.9 Å². The van der Waals surface area contributed by atoms with Crippen LogP contribution in [0.4, 0.5) is 16.6 Å². The molecule has 4 aliphatic heterocycles. The summed E-state index contributed by atoms with van der Waals surface area (Å²) >= 11 is 1.42. The van der Waals surface area contributed by atoms with Gasteiger partial charge >= 0.3 is 5.97 Å². The maximum absolute atomic E-state index is 13.7. The first kappa shape index (κ1) is 46.8. The van der Waals surface area contributed by atoms with Crippen LogP contribution in [-0.4, -0.2) is 104 Å². The molecule has 0 saturated carbocycles. The standard InChI is InChI=1S/C54H53N9O8S/c1-30-35(36-18-20-45(57-49(36)53(68)69)62-23-22-31-8-5-10-37(40(31)28-62)51(66)59-54-56-41-12-3-4-15-44(41)72-54)9-7-14-43(30)71-25-24-70-34-26-32-16-17-33(27-34)63(32)29-47(65)55-42-13-6-11-38-48(60-61(2)50(38)42)39-19-21-46(64)58-52(39)67/h3-15,18,20,32-34,39H,16-17,19,21-29H2,1-2H3,(H,55,65)(H,68,69)(H,56,59,66)(H,58,64,67). The van der Waals surface area contributed by atoms with Gasteiger partial charge in [-0.2, -0.15) is 5.10 Å². The lowest BCUT2D eigenvalue weighted by molar-refractivity contribution is -0.134. The fourth-order valence-corrected chi connectivity index (χ4v) is 12.0. The SMILES string of the molecule is Cc1c(OCCOC2CC3CCC(C2)N3CC(=O)Nc2cccc3c(C4CCC(=O)NC4=O)nn(C)c23)cccc1-c1ccc(N2CCc3cccc(C(=O)Nc4nc5ccccc5s4)c3C2)nc1C(=O)O. The summed E-state index contributed by atoms with van der Waals surface area (Å²) in [5.74, 6) is -1.56. The van der Waals surface area contributed by atoms with Crippen LogP contribution in [0.1, 0.15) is 87.7 Å². The average Bonchev–Trinajstić information content (AvgIpc) is 4.01. The molecule has 0 spiro atoms. The van der Waals surface area contributed by atoms with E-state index in [0.717, 1.165) is 63.5 Å². The number of hydrogen-bond donors (Lipinski definition) is 4. The number of amides is 4. The molecule has 17 nitrogen and oxygen atoms in total. The minimum absolute atomic E-state index is 0.0241. The van der Waals surface area contributed by atoms with Gasteiger partial charge < -0.3 is 24.8 Å². The van der Waals surface area contributed by atoms with Crippen molar-refractivity contribution in [1.82, 2.24) is 30.0 Å². The average molecular weight is 988 g/mol. The number of aromatic nitrogens is 4. The zero-order valence-electron chi connectivity index (χ0n) is 39.9. The molecule has 4 aromatic carbocycles. The fraction of sp³-hybridized carbons (Fsp3) is 0.333. The number of nitrogens with zero attached hydrogens (tertiary/aromatic N) is 6. The number of anilines is 3. The third-order valence-electron chi connectivity index (χ3n) is 14.6. The smallest absolute Gasteiger partial charge is 0.355 e. The lowest BCUT2D eigenvalue weighted by Gasteiger charge is -2.38. The Morgan fingerprint density at radius 2 is 1.67 bits per heavy atom. The molecule has 368 valence electrons. The summed E-state index contributed by atoms with van der Waals surface area (Å²) in [5, 5.41) is 25.0. The first-order valence-electron chi connectivity index (χ1n) is 24.4. The van der Waals surface area contributed by atoms with Crippen molar-refractivity contribution in [1.29, 1.82) is 0 Å². The Kier molecular flexibility index (Phi) is 12.7. The third kappa shape index (κ3) is 9.16. The molecule has 0 aliphatic carbocycles. The Hall–Kier alpha value is -7.54. The molecular formula is C54H53N9O8S. The van der Waals surface area contributed by atoms with Gasteiger partial charge in [0.2, 0.25) is 17.7 Å². The lowest BCUT2D eigenvalue weighted by Crippen LogP contribution is -2.48. The number of aryl methyl sites for hydroxylation is 1. The van der Waals surface area contributed by atoms with Crippen LogP contribution in [0.5, 0.6) is 5.75 Å². The van der Waals surface area contributed by atoms with E-state index in [1.54, 1.807) is 17.8 Å². The summed E-state index contributed by atoms with van der Waals surface area (Å²) in [6.45, 7) is 3.81. The molecule has 3 saturated heterocycles. The molecule has 4 amide bonds. The van der Waals surface area contributed by atoms with E-state index in [2.05, 4.69) is 30.9 Å². The van der Waals surface area contributed by atoms with Crippen LogP contribution in [0.2, 0.25) is 0 Å². The monoisotopic (exact) mass is 987 g/mol. The largest absolute Gasteiger partial charge is 0.491 e. The second-order valence-electron chi connectivity index (χ2n) is 19.0. The quantitative estimate of drug-likeness (QED) is 0.0612. The summed E-state index contributed by atoms with van der Waals surface area (Å²) in [4.78, 5) is 78.2. The van der Waals surface area contributed by atoms with Crippen molar-refractivity contribution in [3.63, 3.8) is 0 Å². The number of carbonyl (C=O) groups is 5. The molecule has 7 heterocycles. The van der Waals surface area contributed by atoms with Gasteiger partial charge in [-0.25, -0.2) is 14.8 Å². The molecule has 4 N–H and O–H groups in total. The normalized spacial score (nSPS) is 19.8. The number of nitrogens with one attached hydrogen (secondary N) is 3. The molecule has 3 fully saturated rings. The molecule has 3 aromatic heterocycles. The number of benzene rings is 4. The number of hydrogen-bond acceptors (Lipinski definition) is 13. The molecular weight excluding hydrogens is 935 g/mol. The van der Waals surface area contributed by atoms with Crippen LogP contribution in [0, 0.1) is 6.92 Å². The second kappa shape index (κ2) is 19.6. The molecule has 2 bridgehead atoms. The minimum Gasteiger partial charge on any atom is -0.491 e. The summed E-state index contributed by atoms with van der Waals surface area (Å²) in [6.07, 6.45) is 4.91. The Bertz CT molecular complexity index is 3270. The van der Waals surface area contributed by atoms with Crippen LogP contribution in [-0.2, 0) is 39.1 Å². The van der Waals surface area contributed by atoms with Crippen molar-refractivity contribution in [3.8, 4) is 16.9 Å². The topological polar surface area (TPSA) is 210 Å². The number of para-hydroxylation sites is 2. The van der Waals surface area contributed by atoms with Gasteiger partial charge in [-0.1, -0.05) is 59.9 Å². The van der Waals surface area contributed by atoms with E-state index < -0.39 is 11.9 Å². The summed E-state index contributed by atoms with van der Waals surface area (Å²) in [6, 6.07) is 28.7. The van der Waals surface area contributed by atoms with E-state index in [9.17, 15) is 29.1 Å². The first-order chi connectivity index (χ1) is 34.9. The van der Waals surface area contributed by atoms with Gasteiger partial charge in [0.25, 0.3) is 5.91 Å². The van der Waals surface area contributed by atoms with Crippen molar-refractivity contribution in [2.75, 3.05) is 41.8 Å². The van der Waals surface area contributed by atoms with Crippen LogP contribution >= 0.6 is 11.3 Å². The maximum atomic E-state index is 13.7. The Balaban J connectivity index is 0.693. The molecule has 11 rings (SSSR count). The number of pyridine rings is 1. The number of aromatic carboxylic acids is 1. The summed E-state index contributed by atoms with van der Waals surface area (Å²) in [5.41, 5.74) is 7.12. The number of carbonyl (C=O) groups excluding carboxylic acids is 4. The zero-order valence-corrected chi connectivity index (χ0v) is 40.7. The van der Waals surface area contributed by atoms with E-state index in [1.807, 2.05) is 96.8 Å². The number of imide groups is 1. The van der Waals surface area contributed by atoms with Gasteiger partial charge in [-0.15, -0.1) is 0 Å². The van der Waals surface area contributed by atoms with Gasteiger partial charge in [0.15, 0.2) is 10.8 Å². The van der Waals surface area contributed by atoms with E-state index in [1.165, 1.54) is 11.3 Å². The number of carboxylic acids is 1. The van der Waals surface area contributed by atoms with Crippen molar-refractivity contribution >= 4 is 78.7 Å². The van der Waals surface area contributed by atoms with Crippen LogP contribution in [0.25, 0.3) is 32.2 Å². The van der Waals surface area contributed by atoms with E-state index in [4.69, 9.17) is 14.5 Å². The highest BCUT2D eigenvalue weighted by Crippen LogP contribution is 2.39. The molecule has 4 aliphatic rings. The van der Waals surface area contributed by atoms with E-state index in [-0.39, 0.29) is 60.5 Å².